The summed E-state index contributed by atoms with van der Waals surface area (Å²) in [5.74, 6) is -0.198. The first-order chi connectivity index (χ1) is 11.5. The Hall–Kier alpha value is -3.28. The molecule has 0 bridgehead atoms. The van der Waals surface area contributed by atoms with Gasteiger partial charge in [0.15, 0.2) is 5.56 Å². The third-order valence-electron chi connectivity index (χ3n) is 3.71. The Morgan fingerprint density at radius 1 is 1.08 bits per heavy atom. The second-order valence-electron chi connectivity index (χ2n) is 5.17. The van der Waals surface area contributed by atoms with Crippen LogP contribution >= 0.6 is 0 Å². The Labute approximate surface area is 137 Å². The molecule has 0 fully saturated rings. The van der Waals surface area contributed by atoms with Gasteiger partial charge in [0, 0.05) is 12.4 Å². The lowest BCUT2D eigenvalue weighted by Gasteiger charge is -2.12. The van der Waals surface area contributed by atoms with Gasteiger partial charge in [-0.1, -0.05) is 18.2 Å². The molecular formula is C18H15NO5. The van der Waals surface area contributed by atoms with Crippen LogP contribution in [0.4, 0.5) is 0 Å². The van der Waals surface area contributed by atoms with Gasteiger partial charge in [0.2, 0.25) is 0 Å². The van der Waals surface area contributed by atoms with E-state index in [1.54, 1.807) is 30.3 Å². The van der Waals surface area contributed by atoms with E-state index in [0.29, 0.717) is 22.4 Å². The van der Waals surface area contributed by atoms with E-state index in [4.69, 9.17) is 4.74 Å². The van der Waals surface area contributed by atoms with Gasteiger partial charge in [0.05, 0.1) is 12.6 Å². The molecule has 122 valence electrons. The second-order valence-corrected chi connectivity index (χ2v) is 5.17. The summed E-state index contributed by atoms with van der Waals surface area (Å²) >= 11 is 0. The standard InChI is InChI=1S/C18H15NO5/c1-19-14-9-8-12(24-11-6-4-3-5-7-11)10-13(14)16(20)15(17(19)21)18(22)23-2/h3-10,20H,1-2H3. The molecule has 0 unspecified atom stereocenters. The highest BCUT2D eigenvalue weighted by atomic mass is 16.5. The number of benzene rings is 2. The number of para-hydroxylation sites is 1. The zero-order chi connectivity index (χ0) is 17.3. The van der Waals surface area contributed by atoms with Crippen molar-refractivity contribution in [1.82, 2.24) is 4.57 Å². The zero-order valence-electron chi connectivity index (χ0n) is 13.1. The molecule has 0 aliphatic carbocycles. The summed E-state index contributed by atoms with van der Waals surface area (Å²) in [5, 5.41) is 10.7. The van der Waals surface area contributed by atoms with Crippen molar-refractivity contribution < 1.29 is 19.4 Å². The quantitative estimate of drug-likeness (QED) is 0.749. The van der Waals surface area contributed by atoms with Crippen molar-refractivity contribution >= 4 is 16.9 Å². The topological polar surface area (TPSA) is 77.8 Å². The van der Waals surface area contributed by atoms with E-state index in [2.05, 4.69) is 4.74 Å². The molecule has 0 aliphatic rings. The number of esters is 1. The molecule has 0 amide bonds. The summed E-state index contributed by atoms with van der Waals surface area (Å²) in [5.41, 5.74) is -0.543. The number of carbonyl (C=O) groups excluding carboxylic acids is 1. The summed E-state index contributed by atoms with van der Waals surface area (Å²) in [6, 6.07) is 14.1. The van der Waals surface area contributed by atoms with E-state index < -0.39 is 22.8 Å². The van der Waals surface area contributed by atoms with Crippen LogP contribution in [0, 0.1) is 0 Å². The molecule has 0 atom stereocenters. The molecule has 3 rings (SSSR count). The summed E-state index contributed by atoms with van der Waals surface area (Å²) in [4.78, 5) is 24.1. The van der Waals surface area contributed by atoms with Gasteiger partial charge in [-0.05, 0) is 30.3 Å². The van der Waals surface area contributed by atoms with Crippen LogP contribution in [0.5, 0.6) is 17.2 Å². The summed E-state index contributed by atoms with van der Waals surface area (Å²) in [6.07, 6.45) is 0. The average Bonchev–Trinajstić information content (AvgIpc) is 2.60. The molecule has 0 spiro atoms. The lowest BCUT2D eigenvalue weighted by molar-refractivity contribution is 0.0595. The van der Waals surface area contributed by atoms with Crippen LogP contribution in [-0.2, 0) is 11.8 Å². The molecule has 0 saturated heterocycles. The first-order valence-electron chi connectivity index (χ1n) is 7.20. The van der Waals surface area contributed by atoms with Crippen molar-refractivity contribution in [2.45, 2.75) is 0 Å². The fourth-order valence-electron chi connectivity index (χ4n) is 2.48. The summed E-state index contributed by atoms with van der Waals surface area (Å²) < 4.78 is 11.6. The van der Waals surface area contributed by atoms with Crippen LogP contribution in [0.15, 0.2) is 53.3 Å². The van der Waals surface area contributed by atoms with Gasteiger partial charge in [-0.3, -0.25) is 4.79 Å². The highest BCUT2D eigenvalue weighted by molar-refractivity contribution is 5.99. The minimum atomic E-state index is -0.885. The number of ether oxygens (including phenoxy) is 2. The monoisotopic (exact) mass is 325 g/mol. The first-order valence-corrected chi connectivity index (χ1v) is 7.20. The third kappa shape index (κ3) is 2.58. The van der Waals surface area contributed by atoms with Gasteiger partial charge in [0.1, 0.15) is 17.2 Å². The Kier molecular flexibility index (Phi) is 3.95. The third-order valence-corrected chi connectivity index (χ3v) is 3.71. The Balaban J connectivity index is 2.18. The van der Waals surface area contributed by atoms with Gasteiger partial charge in [-0.25, -0.2) is 4.79 Å². The van der Waals surface area contributed by atoms with Gasteiger partial charge < -0.3 is 19.1 Å². The fraction of sp³-hybridized carbons (Fsp3) is 0.111. The number of aromatic hydroxyl groups is 1. The molecule has 1 N–H and O–H groups in total. The van der Waals surface area contributed by atoms with E-state index in [-0.39, 0.29) is 0 Å². The maximum atomic E-state index is 12.3. The number of methoxy groups -OCH3 is 1. The number of hydrogen-bond donors (Lipinski definition) is 1. The predicted molar refractivity (Wildman–Crippen MR) is 88.7 cm³/mol. The van der Waals surface area contributed by atoms with Crippen molar-refractivity contribution in [1.29, 1.82) is 0 Å². The van der Waals surface area contributed by atoms with Crippen molar-refractivity contribution in [3.63, 3.8) is 0 Å². The van der Waals surface area contributed by atoms with E-state index in [0.717, 1.165) is 7.11 Å². The van der Waals surface area contributed by atoms with E-state index in [1.165, 1.54) is 11.6 Å². The summed E-state index contributed by atoms with van der Waals surface area (Å²) in [7, 11) is 2.68. The maximum absolute atomic E-state index is 12.3. The zero-order valence-corrected chi connectivity index (χ0v) is 13.1. The number of carbonyl (C=O) groups is 1. The maximum Gasteiger partial charge on any atom is 0.347 e. The second kappa shape index (κ2) is 6.08. The molecule has 24 heavy (non-hydrogen) atoms. The van der Waals surface area contributed by atoms with Crippen LogP contribution in [0.25, 0.3) is 10.9 Å². The molecule has 6 heteroatoms. The van der Waals surface area contributed by atoms with Crippen LogP contribution in [0.2, 0.25) is 0 Å². The van der Waals surface area contributed by atoms with Crippen molar-refractivity contribution in [3.8, 4) is 17.2 Å². The lowest BCUT2D eigenvalue weighted by atomic mass is 10.1. The van der Waals surface area contributed by atoms with Crippen molar-refractivity contribution in [2.75, 3.05) is 7.11 Å². The van der Waals surface area contributed by atoms with Crippen LogP contribution in [0.1, 0.15) is 10.4 Å². The molecule has 6 nitrogen and oxygen atoms in total. The Morgan fingerprint density at radius 3 is 2.46 bits per heavy atom. The number of rotatable bonds is 3. The number of nitrogens with zero attached hydrogens (tertiary/aromatic N) is 1. The lowest BCUT2D eigenvalue weighted by Crippen LogP contribution is -2.25. The van der Waals surface area contributed by atoms with Crippen molar-refractivity contribution in [2.24, 2.45) is 7.05 Å². The van der Waals surface area contributed by atoms with Crippen molar-refractivity contribution in [3.05, 3.63) is 64.4 Å². The van der Waals surface area contributed by atoms with Gasteiger partial charge >= 0.3 is 5.97 Å². The summed E-state index contributed by atoms with van der Waals surface area (Å²) in [6.45, 7) is 0. The number of hydrogen-bond acceptors (Lipinski definition) is 5. The highest BCUT2D eigenvalue weighted by Crippen LogP contribution is 2.31. The molecule has 1 aromatic heterocycles. The number of fused-ring (bicyclic) bond motifs is 1. The smallest absolute Gasteiger partial charge is 0.347 e. The van der Waals surface area contributed by atoms with E-state index in [9.17, 15) is 14.7 Å². The minimum absolute atomic E-state index is 0.325. The van der Waals surface area contributed by atoms with E-state index in [1.807, 2.05) is 18.2 Å². The van der Waals surface area contributed by atoms with E-state index >= 15 is 0 Å². The fourth-order valence-corrected chi connectivity index (χ4v) is 2.48. The molecule has 0 saturated carbocycles. The van der Waals surface area contributed by atoms with Crippen LogP contribution in [0.3, 0.4) is 0 Å². The average molecular weight is 325 g/mol. The molecule has 1 heterocycles. The van der Waals surface area contributed by atoms with Gasteiger partial charge in [-0.15, -0.1) is 0 Å². The SMILES string of the molecule is COC(=O)c1c(O)c2cc(Oc3ccccc3)ccc2n(C)c1=O. The minimum Gasteiger partial charge on any atom is -0.506 e. The van der Waals surface area contributed by atoms with Crippen LogP contribution in [-0.4, -0.2) is 22.8 Å². The Bertz CT molecular complexity index is 976. The normalized spacial score (nSPS) is 10.6. The molecule has 0 radical (unpaired) electrons. The van der Waals surface area contributed by atoms with Gasteiger partial charge in [-0.2, -0.15) is 0 Å². The largest absolute Gasteiger partial charge is 0.506 e. The highest BCUT2D eigenvalue weighted by Gasteiger charge is 2.22. The molecule has 3 aromatic rings. The first kappa shape index (κ1) is 15.6. The Morgan fingerprint density at radius 2 is 1.79 bits per heavy atom. The van der Waals surface area contributed by atoms with Gasteiger partial charge in [0.25, 0.3) is 5.56 Å². The molecular weight excluding hydrogens is 310 g/mol. The molecule has 0 aliphatic heterocycles. The predicted octanol–water partition coefficient (Wildman–Crippen LogP) is 2.82. The number of aromatic nitrogens is 1. The number of pyridine rings is 1. The number of aryl methyl sites for hydroxylation is 1. The molecule has 2 aromatic carbocycles. The van der Waals surface area contributed by atoms with Crippen LogP contribution < -0.4 is 10.3 Å².